The van der Waals surface area contributed by atoms with E-state index in [4.69, 9.17) is 18.9 Å². The van der Waals surface area contributed by atoms with Crippen molar-refractivity contribution in [3.8, 4) is 0 Å². The standard InChI is InChI=1S/C19H26O12/c1-4-9-10(5-13(21)22)11(17(26)27-3)6-29-18(9)31-19-16(25)15(24)14(23)12(30-19)7-28-8(2)20/h4,6,9-10,12,14-16,18-19,23-25H,1,5,7H2,2-3H3,(H,21,22)/t9-,10+,12-,14-,15+,16-,18+,19+/m1/s1. The Bertz CT molecular complexity index is 719. The normalized spacial score (nSPS) is 35.3. The van der Waals surface area contributed by atoms with Gasteiger partial charge in [0, 0.05) is 18.8 Å². The van der Waals surface area contributed by atoms with Gasteiger partial charge >= 0.3 is 17.9 Å². The van der Waals surface area contributed by atoms with Crippen LogP contribution in [0.1, 0.15) is 13.3 Å². The molecule has 1 saturated heterocycles. The molecule has 0 saturated carbocycles. The van der Waals surface area contributed by atoms with Crippen LogP contribution in [0.3, 0.4) is 0 Å². The number of carbonyl (C=O) groups excluding carboxylic acids is 2. The molecule has 4 N–H and O–H groups in total. The number of carboxylic acids is 1. The second-order valence-electron chi connectivity index (χ2n) is 7.04. The summed E-state index contributed by atoms with van der Waals surface area (Å²) in [5.74, 6) is -4.42. The zero-order valence-electron chi connectivity index (χ0n) is 16.9. The van der Waals surface area contributed by atoms with Crippen LogP contribution in [-0.2, 0) is 38.1 Å². The average molecular weight is 446 g/mol. The minimum atomic E-state index is -1.71. The highest BCUT2D eigenvalue weighted by Gasteiger charge is 2.48. The summed E-state index contributed by atoms with van der Waals surface area (Å²) in [5, 5.41) is 39.7. The lowest BCUT2D eigenvalue weighted by molar-refractivity contribution is -0.339. The first-order valence-electron chi connectivity index (χ1n) is 9.37. The van der Waals surface area contributed by atoms with E-state index in [9.17, 15) is 34.8 Å². The number of rotatable bonds is 8. The van der Waals surface area contributed by atoms with E-state index in [1.165, 1.54) is 6.08 Å². The Morgan fingerprint density at radius 3 is 2.39 bits per heavy atom. The average Bonchev–Trinajstić information content (AvgIpc) is 2.72. The lowest BCUT2D eigenvalue weighted by Crippen LogP contribution is -2.60. The highest BCUT2D eigenvalue weighted by atomic mass is 16.8. The molecule has 12 nitrogen and oxygen atoms in total. The molecule has 1 fully saturated rings. The predicted octanol–water partition coefficient (Wildman–Crippen LogP) is -1.32. The number of aliphatic hydroxyl groups excluding tert-OH is 3. The summed E-state index contributed by atoms with van der Waals surface area (Å²) in [6.45, 7) is 4.37. The number of ether oxygens (including phenoxy) is 5. The molecule has 0 amide bonds. The van der Waals surface area contributed by atoms with Crippen molar-refractivity contribution >= 4 is 17.9 Å². The van der Waals surface area contributed by atoms with Crippen LogP contribution < -0.4 is 0 Å². The third-order valence-corrected chi connectivity index (χ3v) is 4.98. The lowest BCUT2D eigenvalue weighted by Gasteiger charge is -2.43. The Kier molecular flexibility index (Phi) is 8.53. The van der Waals surface area contributed by atoms with Crippen molar-refractivity contribution in [2.75, 3.05) is 13.7 Å². The van der Waals surface area contributed by atoms with Gasteiger partial charge in [-0.25, -0.2) is 4.79 Å². The fourth-order valence-electron chi connectivity index (χ4n) is 3.36. The van der Waals surface area contributed by atoms with Crippen molar-refractivity contribution in [1.82, 2.24) is 0 Å². The summed E-state index contributed by atoms with van der Waals surface area (Å²) in [5.41, 5.74) is -0.0389. The molecule has 0 radical (unpaired) electrons. The largest absolute Gasteiger partial charge is 0.481 e. The number of carboxylic acid groups (broad SMARTS) is 1. The molecule has 31 heavy (non-hydrogen) atoms. The molecular weight excluding hydrogens is 420 g/mol. The molecular formula is C19H26O12. The highest BCUT2D eigenvalue weighted by molar-refractivity contribution is 5.89. The monoisotopic (exact) mass is 446 g/mol. The smallest absolute Gasteiger partial charge is 0.337 e. The second-order valence-corrected chi connectivity index (χ2v) is 7.04. The van der Waals surface area contributed by atoms with Crippen LogP contribution in [-0.4, -0.2) is 89.0 Å². The highest BCUT2D eigenvalue weighted by Crippen LogP contribution is 2.37. The maximum Gasteiger partial charge on any atom is 0.337 e. The Balaban J connectivity index is 2.23. The molecule has 2 aliphatic heterocycles. The maximum absolute atomic E-state index is 12.0. The van der Waals surface area contributed by atoms with Crippen LogP contribution in [0.25, 0.3) is 0 Å². The van der Waals surface area contributed by atoms with Gasteiger partial charge in [-0.1, -0.05) is 6.08 Å². The van der Waals surface area contributed by atoms with E-state index in [0.29, 0.717) is 0 Å². The number of hydrogen-bond acceptors (Lipinski definition) is 11. The Morgan fingerprint density at radius 1 is 1.16 bits per heavy atom. The van der Waals surface area contributed by atoms with Crippen molar-refractivity contribution < 1.29 is 58.5 Å². The third-order valence-electron chi connectivity index (χ3n) is 4.98. The van der Waals surface area contributed by atoms with Crippen molar-refractivity contribution in [3.05, 3.63) is 24.5 Å². The van der Waals surface area contributed by atoms with Gasteiger partial charge in [0.15, 0.2) is 6.29 Å². The van der Waals surface area contributed by atoms with E-state index in [1.807, 2.05) is 0 Å². The fourth-order valence-corrected chi connectivity index (χ4v) is 3.36. The van der Waals surface area contributed by atoms with Gasteiger partial charge in [-0.05, 0) is 0 Å². The third kappa shape index (κ3) is 5.80. The first-order valence-corrected chi connectivity index (χ1v) is 9.37. The first-order chi connectivity index (χ1) is 14.6. The lowest BCUT2D eigenvalue weighted by atomic mass is 9.81. The zero-order valence-corrected chi connectivity index (χ0v) is 16.9. The summed E-state index contributed by atoms with van der Waals surface area (Å²) in [6, 6.07) is 0. The van der Waals surface area contributed by atoms with Crippen LogP contribution in [0, 0.1) is 11.8 Å². The topological polar surface area (TPSA) is 178 Å². The van der Waals surface area contributed by atoms with E-state index in [1.54, 1.807) is 0 Å². The molecule has 0 aromatic rings. The number of aliphatic carboxylic acids is 1. The van der Waals surface area contributed by atoms with E-state index in [-0.39, 0.29) is 5.57 Å². The van der Waals surface area contributed by atoms with Gasteiger partial charge in [0.05, 0.1) is 25.4 Å². The van der Waals surface area contributed by atoms with E-state index >= 15 is 0 Å². The van der Waals surface area contributed by atoms with Crippen LogP contribution in [0.15, 0.2) is 24.5 Å². The van der Waals surface area contributed by atoms with Gasteiger partial charge in [0.1, 0.15) is 31.0 Å². The molecule has 0 unspecified atom stereocenters. The van der Waals surface area contributed by atoms with Gasteiger partial charge in [-0.2, -0.15) is 0 Å². The van der Waals surface area contributed by atoms with Crippen LogP contribution >= 0.6 is 0 Å². The molecule has 0 aromatic carbocycles. The number of carbonyl (C=O) groups is 3. The molecule has 174 valence electrons. The molecule has 2 heterocycles. The molecule has 2 rings (SSSR count). The van der Waals surface area contributed by atoms with E-state index < -0.39 is 79.8 Å². The zero-order chi connectivity index (χ0) is 23.3. The summed E-state index contributed by atoms with van der Waals surface area (Å²) >= 11 is 0. The molecule has 2 aliphatic rings. The summed E-state index contributed by atoms with van der Waals surface area (Å²) in [4.78, 5) is 34.4. The van der Waals surface area contributed by atoms with Crippen molar-refractivity contribution in [2.24, 2.45) is 11.8 Å². The summed E-state index contributed by atoms with van der Waals surface area (Å²) < 4.78 is 25.9. The van der Waals surface area contributed by atoms with Crippen LogP contribution in [0.4, 0.5) is 0 Å². The SMILES string of the molecule is C=C[C@H]1[C@H](O[C@@H]2O[C@H](COC(C)=O)[C@@H](O)[C@H](O)[C@H]2O)OC=C(C(=O)OC)[C@H]1CC(=O)O. The second kappa shape index (κ2) is 10.7. The minimum absolute atomic E-state index is 0.0389. The molecule has 12 heteroatoms. The quantitative estimate of drug-likeness (QED) is 0.256. The summed E-state index contributed by atoms with van der Waals surface area (Å²) in [7, 11) is 1.13. The molecule has 0 aromatic heterocycles. The first kappa shape index (κ1) is 24.8. The number of esters is 2. The van der Waals surface area contributed by atoms with Crippen LogP contribution in [0.5, 0.6) is 0 Å². The minimum Gasteiger partial charge on any atom is -0.481 e. The Morgan fingerprint density at radius 2 is 1.84 bits per heavy atom. The van der Waals surface area contributed by atoms with Crippen molar-refractivity contribution in [3.63, 3.8) is 0 Å². The van der Waals surface area contributed by atoms with Crippen molar-refractivity contribution in [1.29, 1.82) is 0 Å². The van der Waals surface area contributed by atoms with Gasteiger partial charge in [-0.15, -0.1) is 6.58 Å². The van der Waals surface area contributed by atoms with Gasteiger partial charge in [0.25, 0.3) is 0 Å². The van der Waals surface area contributed by atoms with Gasteiger partial charge in [0.2, 0.25) is 6.29 Å². The molecule has 0 aliphatic carbocycles. The Hall–Kier alpha value is -2.51. The number of aliphatic hydroxyl groups is 3. The number of methoxy groups -OCH3 is 1. The molecule has 8 atom stereocenters. The van der Waals surface area contributed by atoms with Crippen LogP contribution in [0.2, 0.25) is 0 Å². The van der Waals surface area contributed by atoms with E-state index in [0.717, 1.165) is 20.3 Å². The van der Waals surface area contributed by atoms with Gasteiger partial charge < -0.3 is 44.1 Å². The number of hydrogen-bond donors (Lipinski definition) is 4. The molecule has 0 spiro atoms. The van der Waals surface area contributed by atoms with Crippen molar-refractivity contribution in [2.45, 2.75) is 50.3 Å². The van der Waals surface area contributed by atoms with Gasteiger partial charge in [-0.3, -0.25) is 9.59 Å². The maximum atomic E-state index is 12.0. The van der Waals surface area contributed by atoms with E-state index in [2.05, 4.69) is 11.3 Å². The fraction of sp³-hybridized carbons (Fsp3) is 0.632. The molecule has 0 bridgehead atoms. The Labute approximate surface area is 177 Å². The summed E-state index contributed by atoms with van der Waals surface area (Å²) in [6.07, 6.45) is -7.12. The predicted molar refractivity (Wildman–Crippen MR) is 98.8 cm³/mol.